The highest BCUT2D eigenvalue weighted by molar-refractivity contribution is 5.77. The fourth-order valence-electron chi connectivity index (χ4n) is 1.70. The van der Waals surface area contributed by atoms with Crippen LogP contribution in [0.3, 0.4) is 0 Å². The average Bonchev–Trinajstić information content (AvgIpc) is 2.57. The molecule has 0 spiro atoms. The molecule has 2 N–H and O–H groups in total. The van der Waals surface area contributed by atoms with Gasteiger partial charge in [0, 0.05) is 13.7 Å². The summed E-state index contributed by atoms with van der Waals surface area (Å²) in [4.78, 5) is 13.1. The second-order valence-electron chi connectivity index (χ2n) is 4.13. The van der Waals surface area contributed by atoms with Crippen molar-refractivity contribution in [2.75, 3.05) is 41.0 Å². The zero-order valence-electron chi connectivity index (χ0n) is 9.97. The number of aliphatic hydroxyl groups is 1. The molecule has 3 atom stereocenters. The van der Waals surface area contributed by atoms with Crippen LogP contribution in [0.25, 0.3) is 0 Å². The summed E-state index contributed by atoms with van der Waals surface area (Å²) in [6.45, 7) is 0.826. The van der Waals surface area contributed by atoms with Gasteiger partial charge < -0.3 is 24.8 Å². The van der Waals surface area contributed by atoms with E-state index in [1.807, 2.05) is 19.0 Å². The van der Waals surface area contributed by atoms with Crippen molar-refractivity contribution in [2.24, 2.45) is 0 Å². The summed E-state index contributed by atoms with van der Waals surface area (Å²) in [5.74, 6) is -0.202. The van der Waals surface area contributed by atoms with Crippen LogP contribution >= 0.6 is 0 Å². The first-order valence-corrected chi connectivity index (χ1v) is 5.28. The van der Waals surface area contributed by atoms with Gasteiger partial charge in [-0.2, -0.15) is 0 Å². The Morgan fingerprint density at radius 3 is 2.81 bits per heavy atom. The van der Waals surface area contributed by atoms with Crippen molar-refractivity contribution in [1.82, 2.24) is 10.2 Å². The lowest BCUT2D eigenvalue weighted by Gasteiger charge is -2.22. The third-order valence-corrected chi connectivity index (χ3v) is 2.70. The first kappa shape index (κ1) is 13.4. The van der Waals surface area contributed by atoms with Gasteiger partial charge in [-0.25, -0.2) is 0 Å². The highest BCUT2D eigenvalue weighted by atomic mass is 16.5. The summed E-state index contributed by atoms with van der Waals surface area (Å²) in [7, 11) is 5.24. The van der Waals surface area contributed by atoms with E-state index in [0.29, 0.717) is 13.2 Å². The van der Waals surface area contributed by atoms with Crippen molar-refractivity contribution in [1.29, 1.82) is 0 Å². The number of carbonyl (C=O) groups is 1. The monoisotopic (exact) mass is 232 g/mol. The van der Waals surface area contributed by atoms with Gasteiger partial charge in [0.2, 0.25) is 5.91 Å². The fraction of sp³-hybridized carbons (Fsp3) is 0.900. The molecule has 94 valence electrons. The van der Waals surface area contributed by atoms with Crippen molar-refractivity contribution in [3.8, 4) is 0 Å². The van der Waals surface area contributed by atoms with E-state index in [4.69, 9.17) is 4.74 Å². The Bertz CT molecular complexity index is 235. The molecule has 0 radical (unpaired) electrons. The second-order valence-corrected chi connectivity index (χ2v) is 4.13. The Balaban J connectivity index is 2.31. The van der Waals surface area contributed by atoms with Crippen molar-refractivity contribution in [3.05, 3.63) is 0 Å². The molecule has 1 aliphatic heterocycles. The summed E-state index contributed by atoms with van der Waals surface area (Å²) in [6.07, 6.45) is -0.911. The number of hydrogen-bond acceptors (Lipinski definition) is 5. The van der Waals surface area contributed by atoms with Crippen LogP contribution < -0.4 is 5.32 Å². The molecule has 6 heteroatoms. The smallest absolute Gasteiger partial charge is 0.246 e. The Morgan fingerprint density at radius 1 is 1.62 bits per heavy atom. The van der Waals surface area contributed by atoms with E-state index in [2.05, 4.69) is 10.1 Å². The molecule has 0 aliphatic carbocycles. The van der Waals surface area contributed by atoms with Crippen LogP contribution in [0.5, 0.6) is 0 Å². The van der Waals surface area contributed by atoms with Crippen LogP contribution in [-0.4, -0.2) is 75.1 Å². The quantitative estimate of drug-likeness (QED) is 0.600. The van der Waals surface area contributed by atoms with E-state index in [-0.39, 0.29) is 24.7 Å². The summed E-state index contributed by atoms with van der Waals surface area (Å²) >= 11 is 0. The molecule has 0 aromatic heterocycles. The van der Waals surface area contributed by atoms with Gasteiger partial charge in [0.1, 0.15) is 12.7 Å². The molecule has 1 saturated heterocycles. The number of nitrogens with zero attached hydrogens (tertiary/aromatic N) is 1. The van der Waals surface area contributed by atoms with E-state index >= 15 is 0 Å². The Morgan fingerprint density at radius 2 is 2.31 bits per heavy atom. The highest BCUT2D eigenvalue weighted by Crippen LogP contribution is 2.17. The number of aliphatic hydroxyl groups excluding tert-OH is 1. The Hall–Kier alpha value is -0.690. The SMILES string of the molecule is COCC(=O)NCC1OCC(N(C)C)C1O. The first-order valence-electron chi connectivity index (χ1n) is 5.28. The number of hydrogen-bond donors (Lipinski definition) is 2. The number of methoxy groups -OCH3 is 1. The second kappa shape index (κ2) is 6.15. The first-order chi connectivity index (χ1) is 7.56. The molecule has 0 aromatic carbocycles. The minimum absolute atomic E-state index is 0.00988. The zero-order chi connectivity index (χ0) is 12.1. The molecule has 6 nitrogen and oxygen atoms in total. The third kappa shape index (κ3) is 3.41. The number of ether oxygens (including phenoxy) is 2. The predicted octanol–water partition coefficient (Wildman–Crippen LogP) is -1.56. The lowest BCUT2D eigenvalue weighted by molar-refractivity contribution is -0.125. The molecule has 1 heterocycles. The standard InChI is InChI=1S/C10H20N2O4/c1-12(2)7-5-16-8(10(7)14)4-11-9(13)6-15-3/h7-8,10,14H,4-6H2,1-3H3,(H,11,13). The highest BCUT2D eigenvalue weighted by Gasteiger charge is 2.36. The largest absolute Gasteiger partial charge is 0.389 e. The molecule has 1 fully saturated rings. The topological polar surface area (TPSA) is 71.0 Å². The van der Waals surface area contributed by atoms with Crippen LogP contribution in [0.1, 0.15) is 0 Å². The van der Waals surface area contributed by atoms with E-state index in [0.717, 1.165) is 0 Å². The fourth-order valence-corrected chi connectivity index (χ4v) is 1.70. The van der Waals surface area contributed by atoms with Crippen molar-refractivity contribution in [3.63, 3.8) is 0 Å². The molecule has 0 bridgehead atoms. The molecule has 0 saturated carbocycles. The van der Waals surface area contributed by atoms with Gasteiger partial charge in [-0.15, -0.1) is 0 Å². The Kier molecular flexibility index (Phi) is 5.14. The summed E-state index contributed by atoms with van der Waals surface area (Å²) in [5.41, 5.74) is 0. The molecule has 0 aromatic rings. The van der Waals surface area contributed by atoms with Gasteiger partial charge in [-0.1, -0.05) is 0 Å². The maximum Gasteiger partial charge on any atom is 0.246 e. The van der Waals surface area contributed by atoms with Gasteiger partial charge >= 0.3 is 0 Å². The van der Waals surface area contributed by atoms with E-state index in [1.165, 1.54) is 7.11 Å². The molecule has 16 heavy (non-hydrogen) atoms. The maximum absolute atomic E-state index is 11.1. The van der Waals surface area contributed by atoms with Crippen LogP contribution in [0, 0.1) is 0 Å². The van der Waals surface area contributed by atoms with E-state index in [9.17, 15) is 9.90 Å². The predicted molar refractivity (Wildman–Crippen MR) is 58.1 cm³/mol. The molecule has 1 amide bonds. The zero-order valence-corrected chi connectivity index (χ0v) is 9.97. The van der Waals surface area contributed by atoms with Crippen molar-refractivity contribution >= 4 is 5.91 Å². The molecule has 1 rings (SSSR count). The molecule has 1 aliphatic rings. The number of likely N-dealkylation sites (N-methyl/N-ethyl adjacent to an activating group) is 1. The normalized spacial score (nSPS) is 29.7. The van der Waals surface area contributed by atoms with Crippen molar-refractivity contribution < 1.29 is 19.4 Å². The van der Waals surface area contributed by atoms with Crippen LogP contribution in [0.15, 0.2) is 0 Å². The Labute approximate surface area is 95.5 Å². The van der Waals surface area contributed by atoms with Gasteiger partial charge in [-0.05, 0) is 14.1 Å². The van der Waals surface area contributed by atoms with E-state index < -0.39 is 6.10 Å². The van der Waals surface area contributed by atoms with Gasteiger partial charge in [-0.3, -0.25) is 4.79 Å². The maximum atomic E-state index is 11.1. The molecule has 3 unspecified atom stereocenters. The van der Waals surface area contributed by atoms with Crippen LogP contribution in [0.4, 0.5) is 0 Å². The number of amides is 1. The minimum Gasteiger partial charge on any atom is -0.389 e. The minimum atomic E-state index is -0.571. The lowest BCUT2D eigenvalue weighted by atomic mass is 10.1. The number of nitrogens with one attached hydrogen (secondary N) is 1. The van der Waals surface area contributed by atoms with Gasteiger partial charge in [0.15, 0.2) is 0 Å². The average molecular weight is 232 g/mol. The number of carbonyl (C=O) groups excluding carboxylic acids is 1. The van der Waals surface area contributed by atoms with E-state index in [1.54, 1.807) is 0 Å². The molecular formula is C10H20N2O4. The molecular weight excluding hydrogens is 212 g/mol. The van der Waals surface area contributed by atoms with Crippen LogP contribution in [0.2, 0.25) is 0 Å². The van der Waals surface area contributed by atoms with Crippen molar-refractivity contribution in [2.45, 2.75) is 18.2 Å². The van der Waals surface area contributed by atoms with Gasteiger partial charge in [0.05, 0.1) is 18.8 Å². The summed E-state index contributed by atoms with van der Waals surface area (Å²) < 4.78 is 10.1. The van der Waals surface area contributed by atoms with Crippen LogP contribution in [-0.2, 0) is 14.3 Å². The number of rotatable bonds is 5. The summed E-state index contributed by atoms with van der Waals surface area (Å²) in [6, 6.07) is -0.00988. The van der Waals surface area contributed by atoms with Gasteiger partial charge in [0.25, 0.3) is 0 Å². The summed E-state index contributed by atoms with van der Waals surface area (Å²) in [5, 5.41) is 12.6. The third-order valence-electron chi connectivity index (χ3n) is 2.70. The lowest BCUT2D eigenvalue weighted by Crippen LogP contribution is -2.44.